The molecule has 0 radical (unpaired) electrons. The first-order chi connectivity index (χ1) is 16.4. The fourth-order valence-corrected chi connectivity index (χ4v) is 4.74. The van der Waals surface area contributed by atoms with Crippen molar-refractivity contribution in [3.63, 3.8) is 0 Å². The average Bonchev–Trinajstić information content (AvgIpc) is 3.09. The number of carbonyl (C=O) groups is 2. The van der Waals surface area contributed by atoms with Crippen molar-refractivity contribution in [1.29, 1.82) is 0 Å². The number of methoxy groups -OCH3 is 1. The molecule has 0 aliphatic carbocycles. The van der Waals surface area contributed by atoms with Gasteiger partial charge < -0.3 is 19.5 Å². The predicted molar refractivity (Wildman–Crippen MR) is 130 cm³/mol. The SMILES string of the molecule is COc1ccc(/C(O)=C2/C(=O)C(=O)N(CCCN3CCOCC3)C2c2ccc(Cl)cc2)cc1Cl. The van der Waals surface area contributed by atoms with Gasteiger partial charge in [-0.1, -0.05) is 35.3 Å². The summed E-state index contributed by atoms with van der Waals surface area (Å²) in [5, 5.41) is 12.0. The molecule has 2 fully saturated rings. The highest BCUT2D eigenvalue weighted by atomic mass is 35.5. The second kappa shape index (κ2) is 10.8. The zero-order chi connectivity index (χ0) is 24.2. The Balaban J connectivity index is 1.68. The molecule has 180 valence electrons. The molecule has 0 spiro atoms. The van der Waals surface area contributed by atoms with Gasteiger partial charge in [0.1, 0.15) is 11.5 Å². The number of carbonyl (C=O) groups excluding carboxylic acids is 2. The normalized spacial score (nSPS) is 20.7. The number of halogens is 2. The zero-order valence-electron chi connectivity index (χ0n) is 18.8. The van der Waals surface area contributed by atoms with Crippen molar-refractivity contribution in [2.75, 3.05) is 46.5 Å². The van der Waals surface area contributed by atoms with E-state index in [1.165, 1.54) is 18.1 Å². The van der Waals surface area contributed by atoms with Gasteiger partial charge in [-0.2, -0.15) is 0 Å². The number of hydrogen-bond donors (Lipinski definition) is 1. The third kappa shape index (κ3) is 5.08. The van der Waals surface area contributed by atoms with E-state index >= 15 is 0 Å². The van der Waals surface area contributed by atoms with Gasteiger partial charge in [-0.3, -0.25) is 14.5 Å². The van der Waals surface area contributed by atoms with E-state index in [4.69, 9.17) is 32.7 Å². The van der Waals surface area contributed by atoms with E-state index in [-0.39, 0.29) is 16.4 Å². The summed E-state index contributed by atoms with van der Waals surface area (Å²) in [5.74, 6) is -1.20. The van der Waals surface area contributed by atoms with Crippen molar-refractivity contribution in [1.82, 2.24) is 9.80 Å². The molecule has 7 nitrogen and oxygen atoms in total. The summed E-state index contributed by atoms with van der Waals surface area (Å²) < 4.78 is 10.6. The van der Waals surface area contributed by atoms with Crippen LogP contribution in [0.4, 0.5) is 0 Å². The second-order valence-corrected chi connectivity index (χ2v) is 9.04. The maximum Gasteiger partial charge on any atom is 0.295 e. The molecule has 1 atom stereocenters. The van der Waals surface area contributed by atoms with Crippen molar-refractivity contribution in [3.8, 4) is 5.75 Å². The highest BCUT2D eigenvalue weighted by Crippen LogP contribution is 2.40. The number of rotatable bonds is 7. The summed E-state index contributed by atoms with van der Waals surface area (Å²) in [4.78, 5) is 30.0. The first-order valence-corrected chi connectivity index (χ1v) is 11.8. The monoisotopic (exact) mass is 504 g/mol. The summed E-state index contributed by atoms with van der Waals surface area (Å²) in [5.41, 5.74) is 1.05. The number of Topliss-reactive ketones (excluding diaryl/α,β-unsaturated/α-hetero) is 1. The number of morpholine rings is 1. The van der Waals surface area contributed by atoms with Crippen molar-refractivity contribution < 1.29 is 24.2 Å². The Morgan fingerprint density at radius 1 is 1.09 bits per heavy atom. The molecule has 0 bridgehead atoms. The fourth-order valence-electron chi connectivity index (χ4n) is 4.36. The number of benzene rings is 2. The Morgan fingerprint density at radius 2 is 1.79 bits per heavy atom. The van der Waals surface area contributed by atoms with Crippen LogP contribution in [0.15, 0.2) is 48.0 Å². The highest BCUT2D eigenvalue weighted by Gasteiger charge is 2.45. The molecule has 1 unspecified atom stereocenters. The lowest BCUT2D eigenvalue weighted by molar-refractivity contribution is -0.140. The maximum atomic E-state index is 13.1. The van der Waals surface area contributed by atoms with E-state index in [0.717, 1.165) is 19.6 Å². The number of ether oxygens (including phenoxy) is 2. The molecule has 2 aromatic carbocycles. The lowest BCUT2D eigenvalue weighted by Crippen LogP contribution is -2.38. The van der Waals surface area contributed by atoms with Crippen LogP contribution >= 0.6 is 23.2 Å². The van der Waals surface area contributed by atoms with Gasteiger partial charge >= 0.3 is 0 Å². The number of nitrogens with zero attached hydrogens (tertiary/aromatic N) is 2. The molecule has 34 heavy (non-hydrogen) atoms. The lowest BCUT2D eigenvalue weighted by Gasteiger charge is -2.29. The first kappa shape index (κ1) is 24.5. The van der Waals surface area contributed by atoms with Crippen molar-refractivity contribution in [2.45, 2.75) is 12.5 Å². The molecule has 4 rings (SSSR count). The van der Waals surface area contributed by atoms with E-state index < -0.39 is 17.7 Å². The molecule has 2 aromatic rings. The van der Waals surface area contributed by atoms with Gasteiger partial charge in [-0.25, -0.2) is 0 Å². The van der Waals surface area contributed by atoms with Crippen LogP contribution in [0, 0.1) is 0 Å². The van der Waals surface area contributed by atoms with E-state index in [2.05, 4.69) is 4.90 Å². The van der Waals surface area contributed by atoms with Gasteiger partial charge in [0, 0.05) is 36.8 Å². The Bertz CT molecular complexity index is 1100. The average molecular weight is 505 g/mol. The number of aliphatic hydroxyl groups excluding tert-OH is 1. The lowest BCUT2D eigenvalue weighted by atomic mass is 9.95. The van der Waals surface area contributed by atoms with E-state index in [0.29, 0.717) is 48.1 Å². The predicted octanol–water partition coefficient (Wildman–Crippen LogP) is 4.15. The zero-order valence-corrected chi connectivity index (χ0v) is 20.3. The maximum absolute atomic E-state index is 13.1. The number of likely N-dealkylation sites (tertiary alicyclic amines) is 1. The summed E-state index contributed by atoms with van der Waals surface area (Å²) in [6.07, 6.45) is 0.686. The Kier molecular flexibility index (Phi) is 7.78. The van der Waals surface area contributed by atoms with Crippen molar-refractivity contribution in [3.05, 3.63) is 69.2 Å². The Hall–Kier alpha value is -2.58. The van der Waals surface area contributed by atoms with E-state index in [1.807, 2.05) is 0 Å². The minimum absolute atomic E-state index is 0.0277. The minimum atomic E-state index is -0.733. The molecule has 2 aliphatic heterocycles. The molecular weight excluding hydrogens is 479 g/mol. The van der Waals surface area contributed by atoms with Crippen LogP contribution in [0.2, 0.25) is 10.0 Å². The summed E-state index contributed by atoms with van der Waals surface area (Å²) in [7, 11) is 1.49. The first-order valence-electron chi connectivity index (χ1n) is 11.1. The largest absolute Gasteiger partial charge is 0.507 e. The van der Waals surface area contributed by atoms with Crippen LogP contribution in [0.3, 0.4) is 0 Å². The van der Waals surface area contributed by atoms with Gasteiger partial charge in [-0.15, -0.1) is 0 Å². The van der Waals surface area contributed by atoms with Crippen LogP contribution in [-0.4, -0.2) is 73.1 Å². The smallest absolute Gasteiger partial charge is 0.295 e. The number of hydrogen-bond acceptors (Lipinski definition) is 6. The number of amides is 1. The number of aliphatic hydroxyl groups is 1. The highest BCUT2D eigenvalue weighted by molar-refractivity contribution is 6.46. The molecule has 2 saturated heterocycles. The van der Waals surface area contributed by atoms with Gasteiger partial charge in [0.2, 0.25) is 0 Å². The third-order valence-corrected chi connectivity index (χ3v) is 6.68. The molecule has 1 amide bonds. The molecule has 0 aromatic heterocycles. The molecular formula is C25H26Cl2N2O5. The van der Waals surface area contributed by atoms with Crippen LogP contribution in [0.25, 0.3) is 5.76 Å². The quantitative estimate of drug-likeness (QED) is 0.346. The standard InChI is InChI=1S/C25H26Cl2N2O5/c1-33-20-8-5-17(15-19(20)27)23(30)21-22(16-3-6-18(26)7-4-16)29(25(32)24(21)31)10-2-9-28-11-13-34-14-12-28/h3-8,15,22,30H,2,9-14H2,1H3/b23-21-. The second-order valence-electron chi connectivity index (χ2n) is 8.20. The van der Waals surface area contributed by atoms with Crippen molar-refractivity contribution >= 4 is 40.7 Å². The fraction of sp³-hybridized carbons (Fsp3) is 0.360. The summed E-state index contributed by atoms with van der Waals surface area (Å²) >= 11 is 12.3. The number of ketones is 1. The van der Waals surface area contributed by atoms with Gasteiger partial charge in [0.05, 0.1) is 37.0 Å². The van der Waals surface area contributed by atoms with Crippen LogP contribution in [0.5, 0.6) is 5.75 Å². The topological polar surface area (TPSA) is 79.3 Å². The van der Waals surface area contributed by atoms with Gasteiger partial charge in [0.15, 0.2) is 0 Å². The summed E-state index contributed by atoms with van der Waals surface area (Å²) in [6.45, 7) is 4.23. The van der Waals surface area contributed by atoms with E-state index in [1.54, 1.807) is 36.4 Å². The van der Waals surface area contributed by atoms with Crippen LogP contribution in [-0.2, 0) is 14.3 Å². The molecule has 1 N–H and O–H groups in total. The molecule has 2 aliphatic rings. The van der Waals surface area contributed by atoms with Crippen LogP contribution in [0.1, 0.15) is 23.6 Å². The molecule has 2 heterocycles. The minimum Gasteiger partial charge on any atom is -0.507 e. The Morgan fingerprint density at radius 3 is 2.44 bits per heavy atom. The Labute approximate surface area is 208 Å². The third-order valence-electron chi connectivity index (χ3n) is 6.13. The molecule has 0 saturated carbocycles. The van der Waals surface area contributed by atoms with Crippen molar-refractivity contribution in [2.24, 2.45) is 0 Å². The van der Waals surface area contributed by atoms with Crippen LogP contribution < -0.4 is 4.74 Å². The van der Waals surface area contributed by atoms with Gasteiger partial charge in [-0.05, 0) is 42.3 Å². The summed E-state index contributed by atoms with van der Waals surface area (Å²) in [6, 6.07) is 10.9. The van der Waals surface area contributed by atoms with Gasteiger partial charge in [0.25, 0.3) is 11.7 Å². The van der Waals surface area contributed by atoms with E-state index in [9.17, 15) is 14.7 Å². The molecule has 9 heteroatoms.